The predicted molar refractivity (Wildman–Crippen MR) is 141 cm³/mol. The van der Waals surface area contributed by atoms with Gasteiger partial charge in [0.25, 0.3) is 17.1 Å². The van der Waals surface area contributed by atoms with Gasteiger partial charge in [0.15, 0.2) is 0 Å². The summed E-state index contributed by atoms with van der Waals surface area (Å²) in [6.45, 7) is 7.11. The van der Waals surface area contributed by atoms with E-state index in [4.69, 9.17) is 0 Å². The summed E-state index contributed by atoms with van der Waals surface area (Å²) >= 11 is 0.787. The molecule has 3 aromatic rings. The molecule has 2 aromatic carbocycles. The van der Waals surface area contributed by atoms with Crippen molar-refractivity contribution in [2.75, 3.05) is 17.3 Å². The Labute approximate surface area is 213 Å². The number of benzene rings is 2. The van der Waals surface area contributed by atoms with E-state index in [0.29, 0.717) is 22.5 Å². The van der Waals surface area contributed by atoms with Crippen molar-refractivity contribution in [3.8, 4) is 0 Å². The smallest absolute Gasteiger partial charge is 0.294 e. The fraction of sp³-hybridized carbons (Fsp3) is 0.185. The van der Waals surface area contributed by atoms with Gasteiger partial charge in [-0.2, -0.15) is 0 Å². The summed E-state index contributed by atoms with van der Waals surface area (Å²) in [6.07, 6.45) is 1.61. The van der Waals surface area contributed by atoms with Crippen LogP contribution in [0.1, 0.15) is 38.4 Å². The quantitative estimate of drug-likeness (QED) is 0.473. The first-order valence-electron chi connectivity index (χ1n) is 11.3. The van der Waals surface area contributed by atoms with Crippen LogP contribution in [0.2, 0.25) is 0 Å². The lowest BCUT2D eigenvalue weighted by atomic mass is 10.1. The molecule has 0 radical (unpaired) electrons. The summed E-state index contributed by atoms with van der Waals surface area (Å²) in [5.41, 5.74) is 8.13. The summed E-state index contributed by atoms with van der Waals surface area (Å²) < 4.78 is 1.64. The number of nitrogens with one attached hydrogen (secondary N) is 2. The summed E-state index contributed by atoms with van der Waals surface area (Å²) in [4.78, 5) is 51.8. The van der Waals surface area contributed by atoms with Crippen LogP contribution < -0.4 is 10.7 Å². The molecule has 2 heterocycles. The number of aromatic nitrogens is 1. The fourth-order valence-corrected chi connectivity index (χ4v) is 4.76. The number of anilines is 1. The molecular weight excluding hydrogens is 476 g/mol. The van der Waals surface area contributed by atoms with Gasteiger partial charge in [-0.3, -0.25) is 34.2 Å². The average Bonchev–Trinajstić information content (AvgIpc) is 3.25. The number of rotatable bonds is 6. The van der Waals surface area contributed by atoms with Gasteiger partial charge in [-0.1, -0.05) is 35.9 Å². The molecule has 184 valence electrons. The number of carbonyl (C=O) groups excluding carboxylic acids is 4. The molecule has 8 nitrogen and oxygen atoms in total. The Hall–Kier alpha value is -4.11. The van der Waals surface area contributed by atoms with Crippen LogP contribution in [0.3, 0.4) is 0 Å². The Morgan fingerprint density at radius 2 is 1.69 bits per heavy atom. The molecule has 9 heteroatoms. The van der Waals surface area contributed by atoms with Crippen LogP contribution in [0.15, 0.2) is 59.5 Å². The Balaban J connectivity index is 1.48. The lowest BCUT2D eigenvalue weighted by Crippen LogP contribution is -2.36. The van der Waals surface area contributed by atoms with Gasteiger partial charge in [0.05, 0.1) is 4.91 Å². The van der Waals surface area contributed by atoms with Gasteiger partial charge < -0.3 is 5.32 Å². The highest BCUT2D eigenvalue weighted by molar-refractivity contribution is 8.18. The van der Waals surface area contributed by atoms with E-state index in [1.165, 1.54) is 0 Å². The Kier molecular flexibility index (Phi) is 7.12. The van der Waals surface area contributed by atoms with E-state index in [9.17, 15) is 19.2 Å². The molecule has 4 amide bonds. The average molecular weight is 503 g/mol. The van der Waals surface area contributed by atoms with E-state index < -0.39 is 17.1 Å². The summed E-state index contributed by atoms with van der Waals surface area (Å²) in [7, 11) is 0. The highest BCUT2D eigenvalue weighted by Gasteiger charge is 2.36. The molecule has 2 N–H and O–H groups in total. The maximum absolute atomic E-state index is 12.9. The van der Waals surface area contributed by atoms with Crippen molar-refractivity contribution in [3.05, 3.63) is 93.1 Å². The second kappa shape index (κ2) is 10.2. The Bertz CT molecular complexity index is 1410. The molecule has 0 unspecified atom stereocenters. The molecule has 1 fully saturated rings. The second-order valence-electron chi connectivity index (χ2n) is 8.60. The topological polar surface area (TPSA) is 101 Å². The van der Waals surface area contributed by atoms with E-state index in [1.54, 1.807) is 41.1 Å². The van der Waals surface area contributed by atoms with Crippen molar-refractivity contribution in [2.24, 2.45) is 0 Å². The minimum Gasteiger partial charge on any atom is -0.324 e. The summed E-state index contributed by atoms with van der Waals surface area (Å²) in [6, 6.07) is 16.3. The zero-order valence-corrected chi connectivity index (χ0v) is 21.2. The maximum Gasteiger partial charge on any atom is 0.294 e. The molecule has 0 bridgehead atoms. The standard InChI is InChI=1S/C27H26N4O4S/c1-16-10-11-22(17(2)12-16)28-24(32)15-30-26(34)23(36-27(30)35)14-21-13-18(3)31(19(21)4)29-25(33)20-8-6-5-7-9-20/h5-14H,15H2,1-4H3,(H,28,32)(H,29,33)/b23-14-. The van der Waals surface area contributed by atoms with Gasteiger partial charge >= 0.3 is 0 Å². The third-order valence-electron chi connectivity index (χ3n) is 5.84. The monoisotopic (exact) mass is 502 g/mol. The molecular formula is C27H26N4O4S. The van der Waals surface area contributed by atoms with Gasteiger partial charge in [0.1, 0.15) is 6.54 Å². The third kappa shape index (κ3) is 5.26. The van der Waals surface area contributed by atoms with E-state index in [1.807, 2.05) is 52.0 Å². The number of carbonyl (C=O) groups is 4. The molecule has 1 aliphatic rings. The van der Waals surface area contributed by atoms with Gasteiger partial charge in [0, 0.05) is 22.6 Å². The predicted octanol–water partition coefficient (Wildman–Crippen LogP) is 4.78. The molecule has 1 aliphatic heterocycles. The van der Waals surface area contributed by atoms with Gasteiger partial charge in [-0.05, 0) is 80.9 Å². The number of imide groups is 1. The molecule has 0 atom stereocenters. The number of nitrogens with zero attached hydrogens (tertiary/aromatic N) is 2. The van der Waals surface area contributed by atoms with E-state index in [-0.39, 0.29) is 17.4 Å². The number of amides is 4. The summed E-state index contributed by atoms with van der Waals surface area (Å²) in [5.74, 6) is -1.25. The van der Waals surface area contributed by atoms with Crippen LogP contribution in [0.25, 0.3) is 6.08 Å². The fourth-order valence-electron chi connectivity index (χ4n) is 3.93. The molecule has 0 saturated carbocycles. The number of aryl methyl sites for hydroxylation is 3. The number of hydrogen-bond donors (Lipinski definition) is 2. The lowest BCUT2D eigenvalue weighted by molar-refractivity contribution is -0.127. The SMILES string of the molecule is Cc1ccc(NC(=O)CN2C(=O)S/C(=C\c3cc(C)n(NC(=O)c4ccccc4)c3C)C2=O)c(C)c1. The van der Waals surface area contributed by atoms with Crippen LogP contribution >= 0.6 is 11.8 Å². The first kappa shape index (κ1) is 25.0. The lowest BCUT2D eigenvalue weighted by Gasteiger charge is -2.14. The normalized spacial score (nSPS) is 14.4. The van der Waals surface area contributed by atoms with Crippen LogP contribution in [0, 0.1) is 27.7 Å². The van der Waals surface area contributed by atoms with Gasteiger partial charge in [-0.15, -0.1) is 0 Å². The Morgan fingerprint density at radius 3 is 2.39 bits per heavy atom. The van der Waals surface area contributed by atoms with Gasteiger partial charge in [0.2, 0.25) is 5.91 Å². The van der Waals surface area contributed by atoms with Crippen molar-refractivity contribution in [2.45, 2.75) is 27.7 Å². The van der Waals surface area contributed by atoms with Crippen molar-refractivity contribution < 1.29 is 19.2 Å². The van der Waals surface area contributed by atoms with Crippen molar-refractivity contribution in [1.82, 2.24) is 9.58 Å². The Morgan fingerprint density at radius 1 is 0.972 bits per heavy atom. The third-order valence-corrected chi connectivity index (χ3v) is 6.74. The van der Waals surface area contributed by atoms with Crippen molar-refractivity contribution in [3.63, 3.8) is 0 Å². The first-order chi connectivity index (χ1) is 17.1. The first-order valence-corrected chi connectivity index (χ1v) is 12.1. The molecule has 36 heavy (non-hydrogen) atoms. The maximum atomic E-state index is 12.9. The molecule has 0 aliphatic carbocycles. The number of hydrogen-bond acceptors (Lipinski definition) is 5. The van der Waals surface area contributed by atoms with Crippen LogP contribution in [-0.2, 0) is 9.59 Å². The molecule has 1 aromatic heterocycles. The van der Waals surface area contributed by atoms with Crippen LogP contribution in [0.5, 0.6) is 0 Å². The largest absolute Gasteiger partial charge is 0.324 e. The van der Waals surface area contributed by atoms with Gasteiger partial charge in [-0.25, -0.2) is 0 Å². The molecule has 4 rings (SSSR count). The summed E-state index contributed by atoms with van der Waals surface area (Å²) in [5, 5.41) is 2.26. The van der Waals surface area contributed by atoms with Crippen molar-refractivity contribution >= 4 is 46.5 Å². The van der Waals surface area contributed by atoms with E-state index >= 15 is 0 Å². The highest BCUT2D eigenvalue weighted by Crippen LogP contribution is 2.33. The van der Waals surface area contributed by atoms with Crippen molar-refractivity contribution in [1.29, 1.82) is 0 Å². The highest BCUT2D eigenvalue weighted by atomic mass is 32.2. The molecule has 1 saturated heterocycles. The van der Waals surface area contributed by atoms with Crippen LogP contribution in [0.4, 0.5) is 10.5 Å². The number of thioether (sulfide) groups is 1. The zero-order valence-electron chi connectivity index (χ0n) is 20.4. The van der Waals surface area contributed by atoms with Crippen LogP contribution in [-0.4, -0.2) is 39.1 Å². The second-order valence-corrected chi connectivity index (χ2v) is 9.60. The minimum absolute atomic E-state index is 0.217. The zero-order chi connectivity index (χ0) is 26.0. The molecule has 0 spiro atoms. The van der Waals surface area contributed by atoms with E-state index in [0.717, 1.165) is 33.5 Å². The van der Waals surface area contributed by atoms with E-state index in [2.05, 4.69) is 10.7 Å². The minimum atomic E-state index is -0.529.